The average Bonchev–Trinajstić information content (AvgIpc) is 2.64. The molecule has 0 aromatic rings. The van der Waals surface area contributed by atoms with Gasteiger partial charge < -0.3 is 10.1 Å². The van der Waals surface area contributed by atoms with Gasteiger partial charge in [-0.25, -0.2) is 0 Å². The molecule has 1 aliphatic heterocycles. The molecule has 0 saturated carbocycles. The van der Waals surface area contributed by atoms with Crippen molar-refractivity contribution in [2.75, 3.05) is 31.8 Å². The van der Waals surface area contributed by atoms with Crippen LogP contribution in [0.5, 0.6) is 0 Å². The monoisotopic (exact) mass is 231 g/mol. The molecule has 0 amide bonds. The summed E-state index contributed by atoms with van der Waals surface area (Å²) in [5.41, 5.74) is 0. The van der Waals surface area contributed by atoms with Gasteiger partial charge in [-0.2, -0.15) is 11.8 Å². The van der Waals surface area contributed by atoms with Gasteiger partial charge in [0.15, 0.2) is 0 Å². The summed E-state index contributed by atoms with van der Waals surface area (Å²) < 4.78 is 5.66. The second kappa shape index (κ2) is 7.53. The van der Waals surface area contributed by atoms with Gasteiger partial charge in [0.1, 0.15) is 0 Å². The molecule has 15 heavy (non-hydrogen) atoms. The minimum atomic E-state index is 0.712. The number of ether oxygens (including phenoxy) is 1. The number of hydrogen-bond acceptors (Lipinski definition) is 3. The van der Waals surface area contributed by atoms with Gasteiger partial charge in [-0.15, -0.1) is 0 Å². The highest BCUT2D eigenvalue weighted by atomic mass is 32.2. The summed E-state index contributed by atoms with van der Waals surface area (Å²) in [5, 5.41) is 3.40. The number of thioether (sulfide) groups is 1. The van der Waals surface area contributed by atoms with Gasteiger partial charge in [0.2, 0.25) is 0 Å². The minimum absolute atomic E-state index is 0.712. The zero-order valence-corrected chi connectivity index (χ0v) is 11.1. The van der Waals surface area contributed by atoms with Crippen molar-refractivity contribution in [3.8, 4) is 0 Å². The van der Waals surface area contributed by atoms with Gasteiger partial charge in [0.25, 0.3) is 0 Å². The number of hydrogen-bond donors (Lipinski definition) is 1. The molecule has 0 aliphatic carbocycles. The van der Waals surface area contributed by atoms with Gasteiger partial charge in [-0.05, 0) is 37.5 Å². The van der Waals surface area contributed by atoms with E-state index in [1.165, 1.54) is 24.3 Å². The molecule has 90 valence electrons. The van der Waals surface area contributed by atoms with Crippen LogP contribution in [0.25, 0.3) is 0 Å². The van der Waals surface area contributed by atoms with Crippen LogP contribution in [-0.4, -0.2) is 37.8 Å². The molecule has 3 heteroatoms. The number of nitrogens with one attached hydrogen (secondary N) is 1. The fourth-order valence-corrected chi connectivity index (χ4v) is 3.39. The lowest BCUT2D eigenvalue weighted by atomic mass is 10.0. The Labute approximate surface area is 98.5 Å². The van der Waals surface area contributed by atoms with Gasteiger partial charge in [0, 0.05) is 25.0 Å². The zero-order chi connectivity index (χ0) is 11.1. The maximum atomic E-state index is 5.66. The third kappa shape index (κ3) is 5.23. The van der Waals surface area contributed by atoms with Crippen LogP contribution in [-0.2, 0) is 4.74 Å². The predicted octanol–water partition coefficient (Wildman–Crippen LogP) is 2.39. The maximum absolute atomic E-state index is 5.66. The van der Waals surface area contributed by atoms with E-state index in [4.69, 9.17) is 4.74 Å². The highest BCUT2D eigenvalue weighted by Crippen LogP contribution is 2.26. The molecule has 1 N–H and O–H groups in total. The first-order valence-corrected chi connectivity index (χ1v) is 7.22. The van der Waals surface area contributed by atoms with Crippen LogP contribution < -0.4 is 5.32 Å². The Kier molecular flexibility index (Phi) is 6.69. The first-order valence-electron chi connectivity index (χ1n) is 6.06. The van der Waals surface area contributed by atoms with E-state index in [9.17, 15) is 0 Å². The van der Waals surface area contributed by atoms with E-state index in [2.05, 4.69) is 38.0 Å². The van der Waals surface area contributed by atoms with E-state index in [1.807, 2.05) is 0 Å². The molecule has 1 aliphatic rings. The lowest BCUT2D eigenvalue weighted by molar-refractivity contribution is 0.110. The molecular weight excluding hydrogens is 206 g/mol. The minimum Gasteiger partial charge on any atom is -0.381 e. The SMILES string of the molecule is CNC1CSCC1CCOCCC(C)C. The highest BCUT2D eigenvalue weighted by molar-refractivity contribution is 7.99. The Balaban J connectivity index is 1.99. The standard InChI is InChI=1S/C12H25NOS/c1-10(2)4-6-14-7-5-11-8-15-9-12(11)13-3/h10-13H,4-9H2,1-3H3. The third-order valence-corrected chi connectivity index (χ3v) is 4.30. The first kappa shape index (κ1) is 13.3. The summed E-state index contributed by atoms with van der Waals surface area (Å²) in [7, 11) is 2.07. The molecule has 0 aromatic heterocycles. The van der Waals surface area contributed by atoms with E-state index < -0.39 is 0 Å². The molecule has 0 spiro atoms. The molecule has 0 aromatic carbocycles. The average molecular weight is 231 g/mol. The van der Waals surface area contributed by atoms with Crippen molar-refractivity contribution in [2.45, 2.75) is 32.7 Å². The van der Waals surface area contributed by atoms with E-state index >= 15 is 0 Å². The van der Waals surface area contributed by atoms with Crippen molar-refractivity contribution in [2.24, 2.45) is 11.8 Å². The quantitative estimate of drug-likeness (QED) is 0.680. The summed E-state index contributed by atoms with van der Waals surface area (Å²) in [5.74, 6) is 4.16. The van der Waals surface area contributed by atoms with Crippen LogP contribution >= 0.6 is 11.8 Å². The van der Waals surface area contributed by atoms with E-state index in [-0.39, 0.29) is 0 Å². The lowest BCUT2D eigenvalue weighted by Crippen LogP contribution is -2.32. The second-order valence-electron chi connectivity index (χ2n) is 4.78. The summed E-state index contributed by atoms with van der Waals surface area (Å²) in [6.45, 7) is 6.36. The molecule has 1 fully saturated rings. The summed E-state index contributed by atoms with van der Waals surface area (Å²) in [6.07, 6.45) is 2.41. The first-order chi connectivity index (χ1) is 7.24. The van der Waals surface area contributed by atoms with Crippen molar-refractivity contribution in [3.05, 3.63) is 0 Å². The van der Waals surface area contributed by atoms with E-state index in [0.717, 1.165) is 25.0 Å². The highest BCUT2D eigenvalue weighted by Gasteiger charge is 2.25. The summed E-state index contributed by atoms with van der Waals surface area (Å²) >= 11 is 2.07. The van der Waals surface area contributed by atoms with E-state index in [0.29, 0.717) is 6.04 Å². The Morgan fingerprint density at radius 3 is 2.80 bits per heavy atom. The van der Waals surface area contributed by atoms with Crippen molar-refractivity contribution >= 4 is 11.8 Å². The molecule has 2 unspecified atom stereocenters. The van der Waals surface area contributed by atoms with Crippen LogP contribution in [0, 0.1) is 11.8 Å². The molecular formula is C12H25NOS. The predicted molar refractivity (Wildman–Crippen MR) is 68.6 cm³/mol. The molecule has 2 nitrogen and oxygen atoms in total. The smallest absolute Gasteiger partial charge is 0.0469 e. The summed E-state index contributed by atoms with van der Waals surface area (Å²) in [4.78, 5) is 0. The van der Waals surface area contributed by atoms with Gasteiger partial charge in [-0.3, -0.25) is 0 Å². The zero-order valence-electron chi connectivity index (χ0n) is 10.3. The largest absolute Gasteiger partial charge is 0.381 e. The molecule has 1 heterocycles. The normalized spacial score (nSPS) is 26.4. The van der Waals surface area contributed by atoms with Crippen molar-refractivity contribution in [1.29, 1.82) is 0 Å². The molecule has 0 bridgehead atoms. The van der Waals surface area contributed by atoms with Crippen molar-refractivity contribution in [1.82, 2.24) is 5.32 Å². The summed E-state index contributed by atoms with van der Waals surface area (Å²) in [6, 6.07) is 0.712. The van der Waals surface area contributed by atoms with Crippen LogP contribution in [0.2, 0.25) is 0 Å². The Bertz CT molecular complexity index is 164. The van der Waals surface area contributed by atoms with Crippen LogP contribution in [0.4, 0.5) is 0 Å². The Morgan fingerprint density at radius 2 is 2.13 bits per heavy atom. The van der Waals surface area contributed by atoms with Crippen molar-refractivity contribution in [3.63, 3.8) is 0 Å². The molecule has 0 radical (unpaired) electrons. The van der Waals surface area contributed by atoms with Gasteiger partial charge in [0.05, 0.1) is 0 Å². The molecule has 1 rings (SSSR count). The second-order valence-corrected chi connectivity index (χ2v) is 5.85. The van der Waals surface area contributed by atoms with Crippen LogP contribution in [0.3, 0.4) is 0 Å². The Hall–Kier alpha value is 0.270. The Morgan fingerprint density at radius 1 is 1.33 bits per heavy atom. The van der Waals surface area contributed by atoms with Crippen LogP contribution in [0.15, 0.2) is 0 Å². The van der Waals surface area contributed by atoms with Crippen LogP contribution in [0.1, 0.15) is 26.7 Å². The number of rotatable bonds is 7. The molecule has 1 saturated heterocycles. The van der Waals surface area contributed by atoms with Gasteiger partial charge in [-0.1, -0.05) is 13.8 Å². The fourth-order valence-electron chi connectivity index (χ4n) is 1.86. The fraction of sp³-hybridized carbons (Fsp3) is 1.00. The maximum Gasteiger partial charge on any atom is 0.0469 e. The molecule has 2 atom stereocenters. The van der Waals surface area contributed by atoms with Crippen molar-refractivity contribution < 1.29 is 4.74 Å². The van der Waals surface area contributed by atoms with Gasteiger partial charge >= 0.3 is 0 Å². The third-order valence-electron chi connectivity index (χ3n) is 3.04. The topological polar surface area (TPSA) is 21.3 Å². The lowest BCUT2D eigenvalue weighted by Gasteiger charge is -2.17. The van der Waals surface area contributed by atoms with E-state index in [1.54, 1.807) is 0 Å².